The fourth-order valence-electron chi connectivity index (χ4n) is 3.98. The lowest BCUT2D eigenvalue weighted by atomic mass is 10.1. The fraction of sp³-hybridized carbons (Fsp3) is 0.348. The van der Waals surface area contributed by atoms with E-state index in [1.165, 1.54) is 0 Å². The number of ether oxygens (including phenoxy) is 1. The average Bonchev–Trinajstić information content (AvgIpc) is 3.07. The number of aromatic nitrogens is 4. The summed E-state index contributed by atoms with van der Waals surface area (Å²) in [7, 11) is 0. The van der Waals surface area contributed by atoms with Crippen molar-refractivity contribution in [3.63, 3.8) is 0 Å². The quantitative estimate of drug-likeness (QED) is 0.587. The molecular formula is C23H24ClN7O2. The van der Waals surface area contributed by atoms with Crippen LogP contribution in [0.2, 0.25) is 5.15 Å². The van der Waals surface area contributed by atoms with E-state index >= 15 is 0 Å². The molecule has 0 aliphatic carbocycles. The number of anilines is 2. The summed E-state index contributed by atoms with van der Waals surface area (Å²) in [4.78, 5) is 34.9. The average molecular weight is 466 g/mol. The zero-order valence-electron chi connectivity index (χ0n) is 18.1. The minimum absolute atomic E-state index is 0.0996. The molecule has 0 bridgehead atoms. The molecule has 33 heavy (non-hydrogen) atoms. The van der Waals surface area contributed by atoms with E-state index < -0.39 is 0 Å². The van der Waals surface area contributed by atoms with Gasteiger partial charge in [-0.25, -0.2) is 15.0 Å². The number of pyridine rings is 2. The Morgan fingerprint density at radius 3 is 2.85 bits per heavy atom. The Balaban J connectivity index is 1.45. The van der Waals surface area contributed by atoms with Crippen molar-refractivity contribution in [3.05, 3.63) is 59.3 Å². The fourth-order valence-corrected chi connectivity index (χ4v) is 4.16. The van der Waals surface area contributed by atoms with Gasteiger partial charge in [-0.15, -0.1) is 0 Å². The highest BCUT2D eigenvalue weighted by atomic mass is 35.5. The minimum atomic E-state index is -0.0996. The van der Waals surface area contributed by atoms with E-state index in [1.54, 1.807) is 29.6 Å². The summed E-state index contributed by atoms with van der Waals surface area (Å²) in [5, 5.41) is 3.84. The minimum Gasteiger partial charge on any atom is -0.378 e. The Morgan fingerprint density at radius 1 is 1.12 bits per heavy atom. The van der Waals surface area contributed by atoms with Gasteiger partial charge in [-0.1, -0.05) is 17.7 Å². The highest BCUT2D eigenvalue weighted by molar-refractivity contribution is 6.30. The molecule has 170 valence electrons. The van der Waals surface area contributed by atoms with Gasteiger partial charge in [0.25, 0.3) is 5.91 Å². The molecule has 1 fully saturated rings. The van der Waals surface area contributed by atoms with Crippen molar-refractivity contribution < 1.29 is 9.53 Å². The lowest BCUT2D eigenvalue weighted by Crippen LogP contribution is -2.41. The van der Waals surface area contributed by atoms with Crippen molar-refractivity contribution in [2.75, 3.05) is 49.6 Å². The number of hydrogen-bond donors (Lipinski definition) is 1. The van der Waals surface area contributed by atoms with Crippen molar-refractivity contribution in [3.8, 4) is 11.3 Å². The molecule has 3 aromatic rings. The van der Waals surface area contributed by atoms with E-state index in [-0.39, 0.29) is 5.91 Å². The van der Waals surface area contributed by atoms with Gasteiger partial charge in [0.1, 0.15) is 10.8 Å². The molecule has 5 heterocycles. The van der Waals surface area contributed by atoms with Gasteiger partial charge in [-0.2, -0.15) is 0 Å². The van der Waals surface area contributed by atoms with Crippen LogP contribution in [0.15, 0.2) is 42.9 Å². The molecule has 10 heteroatoms. The van der Waals surface area contributed by atoms with Crippen LogP contribution in [0.1, 0.15) is 22.5 Å². The molecule has 1 saturated heterocycles. The van der Waals surface area contributed by atoms with Crippen molar-refractivity contribution in [2.24, 2.45) is 0 Å². The Bertz CT molecular complexity index is 1150. The molecule has 3 aromatic heterocycles. The summed E-state index contributed by atoms with van der Waals surface area (Å²) in [5.74, 6) is 1.38. The summed E-state index contributed by atoms with van der Waals surface area (Å²) < 4.78 is 5.35. The summed E-state index contributed by atoms with van der Waals surface area (Å²) in [6, 6.07) is 7.47. The van der Waals surface area contributed by atoms with Crippen molar-refractivity contribution >= 4 is 29.1 Å². The zero-order valence-corrected chi connectivity index (χ0v) is 18.8. The number of rotatable bonds is 4. The molecule has 2 aliphatic heterocycles. The first kappa shape index (κ1) is 21.5. The number of carbonyl (C=O) groups excluding carboxylic acids is 1. The maximum absolute atomic E-state index is 12.9. The first-order valence-electron chi connectivity index (χ1n) is 11.0. The van der Waals surface area contributed by atoms with Crippen LogP contribution in [0, 0.1) is 0 Å². The SMILES string of the molecule is O=C(c1cc(-c2cnc3c(n2)N(Cc2cccnc2Cl)CCCN3)ccn1)N1CCOCC1. The van der Waals surface area contributed by atoms with Crippen molar-refractivity contribution in [1.29, 1.82) is 0 Å². The smallest absolute Gasteiger partial charge is 0.272 e. The second-order valence-corrected chi connectivity index (χ2v) is 8.28. The summed E-state index contributed by atoms with van der Waals surface area (Å²) in [6.45, 7) is 4.43. The maximum Gasteiger partial charge on any atom is 0.272 e. The number of hydrogen-bond acceptors (Lipinski definition) is 8. The number of amides is 1. The highest BCUT2D eigenvalue weighted by Crippen LogP contribution is 2.30. The van der Waals surface area contributed by atoms with Crippen molar-refractivity contribution in [2.45, 2.75) is 13.0 Å². The van der Waals surface area contributed by atoms with E-state index in [9.17, 15) is 4.79 Å². The summed E-state index contributed by atoms with van der Waals surface area (Å²) in [5.41, 5.74) is 2.79. The molecule has 1 N–H and O–H groups in total. The molecule has 0 radical (unpaired) electrons. The van der Waals surface area contributed by atoms with E-state index in [0.29, 0.717) is 49.4 Å². The van der Waals surface area contributed by atoms with Gasteiger partial charge >= 0.3 is 0 Å². The Kier molecular flexibility index (Phi) is 6.32. The van der Waals surface area contributed by atoms with Crippen LogP contribution in [0.4, 0.5) is 11.6 Å². The van der Waals surface area contributed by atoms with Gasteiger partial charge in [-0.3, -0.25) is 9.78 Å². The van der Waals surface area contributed by atoms with Gasteiger partial charge in [0.05, 0.1) is 25.1 Å². The number of halogens is 1. The van der Waals surface area contributed by atoms with Crippen LogP contribution in [0.5, 0.6) is 0 Å². The molecule has 0 saturated carbocycles. The zero-order chi connectivity index (χ0) is 22.6. The van der Waals surface area contributed by atoms with Gasteiger partial charge < -0.3 is 19.9 Å². The number of nitrogens with one attached hydrogen (secondary N) is 1. The van der Waals surface area contributed by atoms with Crippen LogP contribution < -0.4 is 10.2 Å². The molecule has 2 aliphatic rings. The van der Waals surface area contributed by atoms with E-state index in [1.807, 2.05) is 18.2 Å². The molecular weight excluding hydrogens is 442 g/mol. The molecule has 0 spiro atoms. The Hall–Kier alpha value is -3.30. The number of fused-ring (bicyclic) bond motifs is 1. The highest BCUT2D eigenvalue weighted by Gasteiger charge is 2.22. The molecule has 1 amide bonds. The first-order valence-corrected chi connectivity index (χ1v) is 11.4. The van der Waals surface area contributed by atoms with Crippen LogP contribution in [-0.2, 0) is 11.3 Å². The van der Waals surface area contributed by atoms with Crippen LogP contribution in [0.3, 0.4) is 0 Å². The molecule has 9 nitrogen and oxygen atoms in total. The predicted molar refractivity (Wildman–Crippen MR) is 125 cm³/mol. The third kappa shape index (κ3) is 4.74. The predicted octanol–water partition coefficient (Wildman–Crippen LogP) is 2.88. The molecule has 0 unspecified atom stereocenters. The number of morpholine rings is 1. The monoisotopic (exact) mass is 465 g/mol. The molecule has 0 atom stereocenters. The van der Waals surface area contributed by atoms with Crippen LogP contribution in [-0.4, -0.2) is 70.1 Å². The van der Waals surface area contributed by atoms with Gasteiger partial charge in [0, 0.05) is 56.2 Å². The largest absolute Gasteiger partial charge is 0.378 e. The van der Waals surface area contributed by atoms with Gasteiger partial charge in [-0.05, 0) is 24.6 Å². The van der Waals surface area contributed by atoms with E-state index in [2.05, 4.69) is 25.2 Å². The van der Waals surface area contributed by atoms with E-state index in [4.69, 9.17) is 21.3 Å². The number of carbonyl (C=O) groups is 1. The lowest BCUT2D eigenvalue weighted by Gasteiger charge is -2.26. The normalized spacial score (nSPS) is 16.0. The molecule has 5 rings (SSSR count). The maximum atomic E-state index is 12.9. The third-order valence-electron chi connectivity index (χ3n) is 5.72. The first-order chi connectivity index (χ1) is 16.2. The van der Waals surface area contributed by atoms with E-state index in [0.717, 1.165) is 42.3 Å². The molecule has 0 aromatic carbocycles. The standard InChI is InChI=1S/C23H24ClN7O2/c24-20-17(3-1-5-26-20)15-31-8-2-6-27-21-22(31)29-19(14-28-21)16-4-7-25-18(13-16)23(32)30-9-11-33-12-10-30/h1,3-5,7,13-14H,2,6,8-12,15H2,(H,27,28). The summed E-state index contributed by atoms with van der Waals surface area (Å²) >= 11 is 6.31. The lowest BCUT2D eigenvalue weighted by molar-refractivity contribution is 0.0299. The van der Waals surface area contributed by atoms with Crippen LogP contribution >= 0.6 is 11.6 Å². The summed E-state index contributed by atoms with van der Waals surface area (Å²) in [6.07, 6.45) is 5.99. The number of nitrogens with zero attached hydrogens (tertiary/aromatic N) is 6. The van der Waals surface area contributed by atoms with Crippen LogP contribution in [0.25, 0.3) is 11.3 Å². The topological polar surface area (TPSA) is 96.4 Å². The van der Waals surface area contributed by atoms with Crippen molar-refractivity contribution in [1.82, 2.24) is 24.8 Å². The Morgan fingerprint density at radius 2 is 2.00 bits per heavy atom. The van der Waals surface area contributed by atoms with Gasteiger partial charge in [0.2, 0.25) is 0 Å². The second kappa shape index (κ2) is 9.68. The third-order valence-corrected chi connectivity index (χ3v) is 6.06. The van der Waals surface area contributed by atoms with Gasteiger partial charge in [0.15, 0.2) is 11.6 Å². The Labute approximate surface area is 196 Å². The second-order valence-electron chi connectivity index (χ2n) is 7.92.